The van der Waals surface area contributed by atoms with Gasteiger partial charge in [-0.05, 0) is 19.4 Å². The van der Waals surface area contributed by atoms with E-state index in [9.17, 15) is 9.90 Å². The number of carboxylic acids is 1. The number of aromatic nitrogens is 2. The van der Waals surface area contributed by atoms with Crippen LogP contribution >= 0.6 is 0 Å². The first-order chi connectivity index (χ1) is 12.2. The van der Waals surface area contributed by atoms with Gasteiger partial charge in [-0.25, -0.2) is 14.8 Å². The minimum Gasteiger partial charge on any atom is -0.479 e. The SMILES string of the molecule is COC(C)(Cc1ccc(OCCc2nc(C(C)C)oc2C)nc1)C(=O)O. The number of methoxy groups -OCH3 is 1. The first kappa shape index (κ1) is 19.9. The van der Waals surface area contributed by atoms with E-state index in [0.717, 1.165) is 22.9 Å². The maximum Gasteiger partial charge on any atom is 0.336 e. The number of ether oxygens (including phenoxy) is 2. The molecule has 1 N–H and O–H groups in total. The molecule has 1 atom stereocenters. The summed E-state index contributed by atoms with van der Waals surface area (Å²) in [5.41, 5.74) is 0.378. The second-order valence-electron chi connectivity index (χ2n) is 6.73. The van der Waals surface area contributed by atoms with E-state index >= 15 is 0 Å². The molecule has 2 aromatic heterocycles. The van der Waals surface area contributed by atoms with Crippen LogP contribution in [0.3, 0.4) is 0 Å². The van der Waals surface area contributed by atoms with Crippen molar-refractivity contribution in [2.45, 2.75) is 52.1 Å². The third kappa shape index (κ3) is 4.82. The van der Waals surface area contributed by atoms with Gasteiger partial charge in [-0.2, -0.15) is 0 Å². The molecule has 0 spiro atoms. The number of carboxylic acid groups (broad SMARTS) is 1. The molecule has 0 saturated heterocycles. The number of carbonyl (C=O) groups is 1. The predicted molar refractivity (Wildman–Crippen MR) is 95.5 cm³/mol. The van der Waals surface area contributed by atoms with E-state index in [-0.39, 0.29) is 12.3 Å². The van der Waals surface area contributed by atoms with Gasteiger partial charge in [-0.1, -0.05) is 19.9 Å². The van der Waals surface area contributed by atoms with Gasteiger partial charge in [0.1, 0.15) is 5.76 Å². The summed E-state index contributed by atoms with van der Waals surface area (Å²) in [5, 5.41) is 9.25. The highest BCUT2D eigenvalue weighted by atomic mass is 16.5. The lowest BCUT2D eigenvalue weighted by Gasteiger charge is -2.22. The summed E-state index contributed by atoms with van der Waals surface area (Å²) in [4.78, 5) is 20.0. The Morgan fingerprint density at radius 1 is 1.38 bits per heavy atom. The molecule has 0 aliphatic heterocycles. The summed E-state index contributed by atoms with van der Waals surface area (Å²) < 4.78 is 16.4. The van der Waals surface area contributed by atoms with Crippen molar-refractivity contribution < 1.29 is 23.8 Å². The van der Waals surface area contributed by atoms with Gasteiger partial charge in [0, 0.05) is 38.1 Å². The van der Waals surface area contributed by atoms with E-state index in [1.807, 2.05) is 20.8 Å². The van der Waals surface area contributed by atoms with Crippen molar-refractivity contribution in [1.82, 2.24) is 9.97 Å². The Kier molecular flexibility index (Phi) is 6.37. The van der Waals surface area contributed by atoms with Crippen LogP contribution in [0.1, 0.15) is 49.6 Å². The van der Waals surface area contributed by atoms with Crippen LogP contribution in [0.5, 0.6) is 5.88 Å². The molecule has 0 aliphatic carbocycles. The Morgan fingerprint density at radius 3 is 2.62 bits per heavy atom. The van der Waals surface area contributed by atoms with Crippen LogP contribution in [0.4, 0.5) is 0 Å². The third-order valence-corrected chi connectivity index (χ3v) is 4.23. The topological polar surface area (TPSA) is 94.7 Å². The van der Waals surface area contributed by atoms with Gasteiger partial charge in [0.25, 0.3) is 0 Å². The standard InChI is InChI=1S/C19H26N2O5/c1-12(2)17-21-15(13(3)26-17)8-9-25-16-7-6-14(11-20-16)10-19(4,24-5)18(22)23/h6-7,11-12H,8-10H2,1-5H3,(H,22,23). The highest BCUT2D eigenvalue weighted by Crippen LogP contribution is 2.20. The van der Waals surface area contributed by atoms with Crippen molar-refractivity contribution in [2.75, 3.05) is 13.7 Å². The smallest absolute Gasteiger partial charge is 0.336 e. The lowest BCUT2D eigenvalue weighted by Crippen LogP contribution is -2.39. The molecule has 0 aliphatic rings. The number of aliphatic carboxylic acids is 1. The maximum atomic E-state index is 11.3. The van der Waals surface area contributed by atoms with E-state index in [1.165, 1.54) is 14.0 Å². The number of aryl methyl sites for hydroxylation is 1. The fourth-order valence-corrected chi connectivity index (χ4v) is 2.41. The van der Waals surface area contributed by atoms with E-state index < -0.39 is 11.6 Å². The molecule has 7 heteroatoms. The molecule has 2 rings (SSSR count). The van der Waals surface area contributed by atoms with Gasteiger partial charge >= 0.3 is 5.97 Å². The molecule has 2 aromatic rings. The largest absolute Gasteiger partial charge is 0.479 e. The molecule has 0 fully saturated rings. The predicted octanol–water partition coefficient (Wildman–Crippen LogP) is 3.16. The molecule has 142 valence electrons. The van der Waals surface area contributed by atoms with Gasteiger partial charge in [0.15, 0.2) is 11.5 Å². The average molecular weight is 362 g/mol. The normalized spacial score (nSPS) is 13.6. The van der Waals surface area contributed by atoms with Crippen molar-refractivity contribution >= 4 is 5.97 Å². The van der Waals surface area contributed by atoms with Crippen LogP contribution in [-0.2, 0) is 22.4 Å². The number of rotatable bonds is 9. The fourth-order valence-electron chi connectivity index (χ4n) is 2.41. The molecule has 0 saturated carbocycles. The molecule has 0 aromatic carbocycles. The van der Waals surface area contributed by atoms with Crippen LogP contribution in [0.2, 0.25) is 0 Å². The Morgan fingerprint density at radius 2 is 2.12 bits per heavy atom. The van der Waals surface area contributed by atoms with E-state index in [0.29, 0.717) is 18.9 Å². The number of hydrogen-bond acceptors (Lipinski definition) is 6. The van der Waals surface area contributed by atoms with Gasteiger partial charge in [0.05, 0.1) is 12.3 Å². The Labute approximate surface area is 153 Å². The Hall–Kier alpha value is -2.41. The summed E-state index contributed by atoms with van der Waals surface area (Å²) in [7, 11) is 1.38. The summed E-state index contributed by atoms with van der Waals surface area (Å²) >= 11 is 0. The van der Waals surface area contributed by atoms with Crippen molar-refractivity contribution in [2.24, 2.45) is 0 Å². The first-order valence-electron chi connectivity index (χ1n) is 8.57. The van der Waals surface area contributed by atoms with E-state index in [2.05, 4.69) is 9.97 Å². The zero-order chi connectivity index (χ0) is 19.3. The maximum absolute atomic E-state index is 11.3. The van der Waals surface area contributed by atoms with Gasteiger partial charge in [-0.3, -0.25) is 0 Å². The minimum atomic E-state index is -1.28. The first-order valence-corrected chi connectivity index (χ1v) is 8.57. The zero-order valence-corrected chi connectivity index (χ0v) is 15.9. The number of pyridine rings is 1. The second kappa shape index (κ2) is 8.31. The van der Waals surface area contributed by atoms with Crippen molar-refractivity contribution in [3.05, 3.63) is 41.2 Å². The quantitative estimate of drug-likeness (QED) is 0.732. The molecular weight excluding hydrogens is 336 g/mol. The molecule has 0 bridgehead atoms. The van der Waals surface area contributed by atoms with E-state index in [1.54, 1.807) is 18.3 Å². The molecule has 26 heavy (non-hydrogen) atoms. The lowest BCUT2D eigenvalue weighted by atomic mass is 9.97. The number of hydrogen-bond donors (Lipinski definition) is 1. The van der Waals surface area contributed by atoms with Crippen LogP contribution in [0, 0.1) is 6.92 Å². The molecule has 0 radical (unpaired) electrons. The summed E-state index contributed by atoms with van der Waals surface area (Å²) in [6.07, 6.45) is 2.46. The second-order valence-corrected chi connectivity index (χ2v) is 6.73. The minimum absolute atomic E-state index is 0.224. The Balaban J connectivity index is 1.90. The number of oxazole rings is 1. The summed E-state index contributed by atoms with van der Waals surface area (Å²) in [6, 6.07) is 3.52. The van der Waals surface area contributed by atoms with Gasteiger partial charge < -0.3 is 19.0 Å². The lowest BCUT2D eigenvalue weighted by molar-refractivity contribution is -0.159. The van der Waals surface area contributed by atoms with E-state index in [4.69, 9.17) is 13.9 Å². The molecule has 2 heterocycles. The van der Waals surface area contributed by atoms with Crippen molar-refractivity contribution in [1.29, 1.82) is 0 Å². The molecule has 7 nitrogen and oxygen atoms in total. The summed E-state index contributed by atoms with van der Waals surface area (Å²) in [6.45, 7) is 7.94. The molecule has 0 amide bonds. The monoisotopic (exact) mass is 362 g/mol. The molecule has 1 unspecified atom stereocenters. The summed E-state index contributed by atoms with van der Waals surface area (Å²) in [5.74, 6) is 1.27. The fraction of sp³-hybridized carbons (Fsp3) is 0.526. The van der Waals surface area contributed by atoms with Gasteiger partial charge in [-0.15, -0.1) is 0 Å². The average Bonchev–Trinajstić information content (AvgIpc) is 2.97. The highest BCUT2D eigenvalue weighted by molar-refractivity contribution is 5.77. The van der Waals surface area contributed by atoms with Crippen LogP contribution in [-0.4, -0.2) is 40.4 Å². The third-order valence-electron chi connectivity index (χ3n) is 4.23. The number of nitrogens with zero attached hydrogens (tertiary/aromatic N) is 2. The van der Waals surface area contributed by atoms with Crippen LogP contribution in [0.15, 0.2) is 22.7 Å². The highest BCUT2D eigenvalue weighted by Gasteiger charge is 2.33. The van der Waals surface area contributed by atoms with Gasteiger partial charge in [0.2, 0.25) is 5.88 Å². The van der Waals surface area contributed by atoms with Crippen molar-refractivity contribution in [3.8, 4) is 5.88 Å². The Bertz CT molecular complexity index is 739. The van der Waals surface area contributed by atoms with Crippen LogP contribution in [0.25, 0.3) is 0 Å². The van der Waals surface area contributed by atoms with Crippen LogP contribution < -0.4 is 4.74 Å². The zero-order valence-electron chi connectivity index (χ0n) is 15.9. The molecular formula is C19H26N2O5. The van der Waals surface area contributed by atoms with Crippen molar-refractivity contribution in [3.63, 3.8) is 0 Å².